The highest BCUT2D eigenvalue weighted by Gasteiger charge is 2.30. The number of carbonyl (C=O) groups excluding carboxylic acids is 1. The Hall–Kier alpha value is -2.50. The summed E-state index contributed by atoms with van der Waals surface area (Å²) in [5.74, 6) is -0.0574. The minimum Gasteiger partial charge on any atom is -0.390 e. The van der Waals surface area contributed by atoms with Crippen LogP contribution in [0.4, 0.5) is 11.4 Å². The van der Waals surface area contributed by atoms with Crippen molar-refractivity contribution in [2.75, 3.05) is 35.0 Å². The van der Waals surface area contributed by atoms with E-state index in [-0.39, 0.29) is 12.5 Å². The molecule has 40 heavy (non-hydrogen) atoms. The Kier molecular flexibility index (Phi) is 10.6. The zero-order valence-corrected chi connectivity index (χ0v) is 24.6. The van der Waals surface area contributed by atoms with Crippen LogP contribution in [0.15, 0.2) is 66.7 Å². The van der Waals surface area contributed by atoms with E-state index in [0.29, 0.717) is 65.2 Å². The van der Waals surface area contributed by atoms with Crippen LogP contribution in [0.2, 0.25) is 10.0 Å². The Morgan fingerprint density at radius 3 is 2.40 bits per heavy atom. The van der Waals surface area contributed by atoms with Gasteiger partial charge in [0.15, 0.2) is 0 Å². The molecule has 0 unspecified atom stereocenters. The van der Waals surface area contributed by atoms with Gasteiger partial charge in [0.1, 0.15) is 0 Å². The fourth-order valence-corrected chi connectivity index (χ4v) is 6.94. The van der Waals surface area contributed by atoms with Gasteiger partial charge < -0.3 is 21.1 Å². The molecule has 6 N–H and O–H groups in total. The fourth-order valence-electron chi connectivity index (χ4n) is 4.77. The number of aliphatic hydroxyl groups is 1. The molecule has 4 rings (SSSR count). The fraction of sp³-hybridized carbons (Fsp3) is 0.345. The molecule has 1 heterocycles. The van der Waals surface area contributed by atoms with E-state index in [0.717, 1.165) is 11.1 Å². The maximum Gasteiger partial charge on any atom is 0.251 e. The molecule has 0 spiro atoms. The number of nitrogens with zero attached hydrogens (tertiary/aromatic N) is 1. The van der Waals surface area contributed by atoms with E-state index >= 15 is 0 Å². The van der Waals surface area contributed by atoms with Crippen LogP contribution in [0.5, 0.6) is 0 Å². The molecule has 1 aliphatic rings. The lowest BCUT2D eigenvalue weighted by Crippen LogP contribution is -2.48. The number of hydrogen-bond acceptors (Lipinski definition) is 7. The smallest absolute Gasteiger partial charge is 0.251 e. The summed E-state index contributed by atoms with van der Waals surface area (Å²) in [5, 5.41) is 21.7. The number of nitrogens with one attached hydrogen (secondary N) is 3. The largest absolute Gasteiger partial charge is 0.390 e. The summed E-state index contributed by atoms with van der Waals surface area (Å²) >= 11 is 12.2. The van der Waals surface area contributed by atoms with Crippen molar-refractivity contribution in [2.45, 2.75) is 38.5 Å². The minimum absolute atomic E-state index is 0.222. The Morgan fingerprint density at radius 2 is 1.75 bits per heavy atom. The van der Waals surface area contributed by atoms with Gasteiger partial charge in [0.05, 0.1) is 23.6 Å². The van der Waals surface area contributed by atoms with E-state index in [2.05, 4.69) is 16.0 Å². The first kappa shape index (κ1) is 30.5. The van der Waals surface area contributed by atoms with Crippen LogP contribution in [0, 0.1) is 0 Å². The Labute approximate surface area is 247 Å². The quantitative estimate of drug-likeness (QED) is 0.154. The third-order valence-corrected chi connectivity index (χ3v) is 9.04. The maximum absolute atomic E-state index is 13.6. The summed E-state index contributed by atoms with van der Waals surface area (Å²) < 4.78 is 22.6. The highest BCUT2D eigenvalue weighted by atomic mass is 35.5. The van der Waals surface area contributed by atoms with Crippen molar-refractivity contribution in [2.24, 2.45) is 0 Å². The second kappa shape index (κ2) is 13.9. The summed E-state index contributed by atoms with van der Waals surface area (Å²) in [6.45, 7) is 3.75. The van der Waals surface area contributed by atoms with E-state index in [1.165, 1.54) is 0 Å². The second-order valence-electron chi connectivity index (χ2n) is 9.84. The molecule has 0 saturated carbocycles. The second-order valence-corrected chi connectivity index (χ2v) is 12.8. The molecule has 0 radical (unpaired) electrons. The predicted molar refractivity (Wildman–Crippen MR) is 166 cm³/mol. The molecule has 0 bridgehead atoms. The number of hydrogen-bond donors (Lipinski definition) is 6. The summed E-state index contributed by atoms with van der Waals surface area (Å²) in [6, 6.07) is 19.6. The van der Waals surface area contributed by atoms with Crippen molar-refractivity contribution < 1.29 is 19.0 Å². The van der Waals surface area contributed by atoms with Gasteiger partial charge in [0.25, 0.3) is 5.91 Å². The van der Waals surface area contributed by atoms with Crippen molar-refractivity contribution in [1.82, 2.24) is 10.6 Å². The SMILES string of the molecule is CCNc1cc(C(=O)N[C@@H](Cc2ccccc2)[C@@H](O)CNCc2cc(Cl)cc(Cl)c2)cc(N2CCCS2(O)O)c1. The third kappa shape index (κ3) is 8.27. The number of benzene rings is 3. The molecule has 0 aliphatic carbocycles. The molecule has 3 aromatic carbocycles. The van der Waals surface area contributed by atoms with Crippen LogP contribution in [-0.2, 0) is 13.0 Å². The van der Waals surface area contributed by atoms with Gasteiger partial charge in [-0.3, -0.25) is 18.2 Å². The number of anilines is 2. The summed E-state index contributed by atoms with van der Waals surface area (Å²) in [4.78, 5) is 13.6. The van der Waals surface area contributed by atoms with Gasteiger partial charge >= 0.3 is 0 Å². The Morgan fingerprint density at radius 1 is 1.02 bits per heavy atom. The average molecular weight is 608 g/mol. The van der Waals surface area contributed by atoms with Gasteiger partial charge in [0, 0.05) is 47.5 Å². The molecule has 216 valence electrons. The molecule has 11 heteroatoms. The molecule has 1 saturated heterocycles. The van der Waals surface area contributed by atoms with Crippen molar-refractivity contribution in [3.63, 3.8) is 0 Å². The Balaban J connectivity index is 1.52. The molecule has 3 aromatic rings. The van der Waals surface area contributed by atoms with Crippen molar-refractivity contribution in [3.05, 3.63) is 93.5 Å². The van der Waals surface area contributed by atoms with Crippen LogP contribution < -0.4 is 20.3 Å². The molecule has 2 atom stereocenters. The molecule has 1 amide bonds. The van der Waals surface area contributed by atoms with E-state index in [1.54, 1.807) is 34.6 Å². The lowest BCUT2D eigenvalue weighted by atomic mass is 10.00. The van der Waals surface area contributed by atoms with Crippen LogP contribution >= 0.6 is 34.0 Å². The number of carbonyl (C=O) groups is 1. The Bertz CT molecular complexity index is 1280. The van der Waals surface area contributed by atoms with Crippen LogP contribution in [0.3, 0.4) is 0 Å². The normalized spacial score (nSPS) is 16.8. The molecular formula is C29H36Cl2N4O4S. The first-order valence-corrected chi connectivity index (χ1v) is 15.7. The minimum atomic E-state index is -2.92. The number of amides is 1. The molecule has 1 fully saturated rings. The predicted octanol–water partition coefficient (Wildman–Crippen LogP) is 5.79. The van der Waals surface area contributed by atoms with Crippen LogP contribution in [0.1, 0.15) is 34.8 Å². The lowest BCUT2D eigenvalue weighted by molar-refractivity contribution is 0.0830. The number of rotatable bonds is 12. The van der Waals surface area contributed by atoms with Gasteiger partial charge in [-0.05, 0) is 67.3 Å². The first-order valence-electron chi connectivity index (χ1n) is 13.3. The highest BCUT2D eigenvalue weighted by Crippen LogP contribution is 2.51. The maximum atomic E-state index is 13.6. The van der Waals surface area contributed by atoms with Crippen molar-refractivity contribution >= 4 is 51.3 Å². The third-order valence-electron chi connectivity index (χ3n) is 6.67. The molecular weight excluding hydrogens is 571 g/mol. The van der Waals surface area contributed by atoms with Crippen molar-refractivity contribution in [1.29, 1.82) is 0 Å². The van der Waals surface area contributed by atoms with Gasteiger partial charge in [0.2, 0.25) is 0 Å². The van der Waals surface area contributed by atoms with E-state index < -0.39 is 22.9 Å². The summed E-state index contributed by atoms with van der Waals surface area (Å²) in [6.07, 6.45) is 0.181. The number of aliphatic hydroxyl groups excluding tert-OH is 1. The van der Waals surface area contributed by atoms with Gasteiger partial charge in [-0.1, -0.05) is 53.5 Å². The zero-order valence-electron chi connectivity index (χ0n) is 22.3. The summed E-state index contributed by atoms with van der Waals surface area (Å²) in [7, 11) is -2.92. The van der Waals surface area contributed by atoms with E-state index in [4.69, 9.17) is 23.2 Å². The molecule has 1 aliphatic heterocycles. The van der Waals surface area contributed by atoms with Crippen LogP contribution in [-0.4, -0.2) is 57.7 Å². The van der Waals surface area contributed by atoms with Crippen LogP contribution in [0.25, 0.3) is 0 Å². The molecule has 0 aromatic heterocycles. The topological polar surface area (TPSA) is 117 Å². The van der Waals surface area contributed by atoms with Gasteiger partial charge in [-0.25, -0.2) is 0 Å². The average Bonchev–Trinajstić information content (AvgIpc) is 3.27. The standard InChI is InChI=1S/C29H36Cl2N4O4S/c1-2-33-25-14-22(15-26(17-25)35-9-6-10-40(35,38)39)29(37)34-27(13-20-7-4-3-5-8-20)28(36)19-32-18-21-11-23(30)16-24(31)12-21/h3-5,7-8,11-12,14-17,27-28,32-33,36,38-39H,2,6,9-10,13,18-19H2,1H3,(H,34,37)/t27-,28-/m0/s1. The van der Waals surface area contributed by atoms with E-state index in [1.807, 2.05) is 43.3 Å². The highest BCUT2D eigenvalue weighted by molar-refractivity contribution is 8.25. The summed E-state index contributed by atoms with van der Waals surface area (Å²) in [5.41, 5.74) is 3.50. The lowest BCUT2D eigenvalue weighted by Gasteiger charge is -2.38. The number of halogens is 2. The van der Waals surface area contributed by atoms with Gasteiger partial charge in [-0.2, -0.15) is 0 Å². The molecule has 8 nitrogen and oxygen atoms in total. The van der Waals surface area contributed by atoms with E-state index in [9.17, 15) is 19.0 Å². The zero-order chi connectivity index (χ0) is 28.7. The van der Waals surface area contributed by atoms with Gasteiger partial charge in [-0.15, -0.1) is 10.8 Å². The first-order chi connectivity index (χ1) is 19.1. The monoisotopic (exact) mass is 606 g/mol. The van der Waals surface area contributed by atoms with Crippen molar-refractivity contribution in [3.8, 4) is 0 Å².